The highest BCUT2D eigenvalue weighted by atomic mass is 15.1. The number of aryl methyl sites for hydroxylation is 1. The second-order valence-corrected chi connectivity index (χ2v) is 5.38. The molecular weight excluding hydrogens is 212 g/mol. The van der Waals surface area contributed by atoms with E-state index in [1.165, 1.54) is 31.6 Å². The number of aromatic nitrogens is 2. The number of nitrogens with zero attached hydrogens (tertiary/aromatic N) is 2. The molecule has 1 aliphatic rings. The molecule has 3 N–H and O–H groups in total. The number of hydrogen-bond donors (Lipinski definition) is 2. The van der Waals surface area contributed by atoms with Crippen LogP contribution in [-0.2, 0) is 6.42 Å². The van der Waals surface area contributed by atoms with Crippen LogP contribution in [0.25, 0.3) is 0 Å². The average molecular weight is 236 g/mol. The molecule has 4 nitrogen and oxygen atoms in total. The van der Waals surface area contributed by atoms with Gasteiger partial charge in [0.25, 0.3) is 0 Å². The highest BCUT2D eigenvalue weighted by Gasteiger charge is 2.19. The number of imidazole rings is 1. The van der Waals surface area contributed by atoms with Gasteiger partial charge < -0.3 is 15.6 Å². The first-order valence-electron chi connectivity index (χ1n) is 6.63. The molecule has 1 atom stereocenters. The summed E-state index contributed by atoms with van der Waals surface area (Å²) in [4.78, 5) is 10.3. The molecule has 1 aromatic heterocycles. The zero-order valence-electron chi connectivity index (χ0n) is 10.9. The van der Waals surface area contributed by atoms with E-state index in [0.717, 1.165) is 18.7 Å². The van der Waals surface area contributed by atoms with Crippen LogP contribution in [0.5, 0.6) is 0 Å². The Kier molecular flexibility index (Phi) is 4.18. The van der Waals surface area contributed by atoms with E-state index in [0.29, 0.717) is 5.92 Å². The first-order valence-corrected chi connectivity index (χ1v) is 6.63. The van der Waals surface area contributed by atoms with Crippen molar-refractivity contribution in [3.63, 3.8) is 0 Å². The summed E-state index contributed by atoms with van der Waals surface area (Å²) in [6.45, 7) is 4.43. The fourth-order valence-corrected chi connectivity index (χ4v) is 2.40. The summed E-state index contributed by atoms with van der Waals surface area (Å²) in [5.74, 6) is 1.76. The number of likely N-dealkylation sites (tertiary alicyclic amines) is 1. The van der Waals surface area contributed by atoms with Crippen molar-refractivity contribution in [1.82, 2.24) is 14.9 Å². The monoisotopic (exact) mass is 236 g/mol. The van der Waals surface area contributed by atoms with Gasteiger partial charge in [-0.3, -0.25) is 0 Å². The molecule has 0 bridgehead atoms. The van der Waals surface area contributed by atoms with Gasteiger partial charge in [0.15, 0.2) is 0 Å². The largest absolute Gasteiger partial charge is 0.346 e. The number of hydrogen-bond acceptors (Lipinski definition) is 3. The van der Waals surface area contributed by atoms with Gasteiger partial charge in [-0.15, -0.1) is 0 Å². The predicted octanol–water partition coefficient (Wildman–Crippen LogP) is 1.50. The van der Waals surface area contributed by atoms with E-state index in [4.69, 9.17) is 5.73 Å². The second-order valence-electron chi connectivity index (χ2n) is 5.38. The van der Waals surface area contributed by atoms with Crippen LogP contribution in [0, 0.1) is 0 Å². The van der Waals surface area contributed by atoms with Gasteiger partial charge in [-0.2, -0.15) is 0 Å². The van der Waals surface area contributed by atoms with E-state index in [9.17, 15) is 0 Å². The van der Waals surface area contributed by atoms with Crippen molar-refractivity contribution in [3.05, 3.63) is 17.7 Å². The normalized spacial score (nSPS) is 20.6. The van der Waals surface area contributed by atoms with Crippen LogP contribution in [0.2, 0.25) is 0 Å². The quantitative estimate of drug-likeness (QED) is 0.833. The van der Waals surface area contributed by atoms with E-state index in [-0.39, 0.29) is 6.04 Å². The lowest BCUT2D eigenvalue weighted by Crippen LogP contribution is -2.29. The third-order valence-electron chi connectivity index (χ3n) is 3.64. The summed E-state index contributed by atoms with van der Waals surface area (Å²) in [7, 11) is 2.19. The maximum Gasteiger partial charge on any atom is 0.106 e. The SMILES string of the molecule is CC(N)CCc1ncc(C2CCN(C)CC2)[nH]1. The van der Waals surface area contributed by atoms with Crippen LogP contribution < -0.4 is 5.73 Å². The Hall–Kier alpha value is -0.870. The standard InChI is InChI=1S/C13H24N4/c1-10(14)3-4-13-15-9-12(16-13)11-5-7-17(2)8-6-11/h9-11H,3-8,14H2,1-2H3,(H,15,16). The lowest BCUT2D eigenvalue weighted by Gasteiger charge is -2.28. The fourth-order valence-electron chi connectivity index (χ4n) is 2.40. The Morgan fingerprint density at radius 2 is 2.24 bits per heavy atom. The van der Waals surface area contributed by atoms with Crippen LogP contribution >= 0.6 is 0 Å². The number of aromatic amines is 1. The van der Waals surface area contributed by atoms with Crippen LogP contribution in [0.15, 0.2) is 6.20 Å². The van der Waals surface area contributed by atoms with Crippen LogP contribution in [-0.4, -0.2) is 41.0 Å². The minimum Gasteiger partial charge on any atom is -0.346 e. The van der Waals surface area contributed by atoms with Crippen molar-refractivity contribution >= 4 is 0 Å². The van der Waals surface area contributed by atoms with Crippen LogP contribution in [0.3, 0.4) is 0 Å². The molecule has 0 radical (unpaired) electrons. The van der Waals surface area contributed by atoms with Gasteiger partial charge in [0.2, 0.25) is 0 Å². The predicted molar refractivity (Wildman–Crippen MR) is 70.0 cm³/mol. The van der Waals surface area contributed by atoms with Crippen molar-refractivity contribution in [2.45, 2.75) is 44.6 Å². The van der Waals surface area contributed by atoms with Gasteiger partial charge in [0.05, 0.1) is 0 Å². The number of rotatable bonds is 4. The number of piperidine rings is 1. The minimum absolute atomic E-state index is 0.256. The van der Waals surface area contributed by atoms with Gasteiger partial charge >= 0.3 is 0 Å². The molecule has 0 amide bonds. The Labute approximate surface area is 104 Å². The molecule has 1 fully saturated rings. The summed E-state index contributed by atoms with van der Waals surface area (Å²) in [5, 5.41) is 0. The van der Waals surface area contributed by atoms with E-state index in [1.807, 2.05) is 13.1 Å². The highest BCUT2D eigenvalue weighted by Crippen LogP contribution is 2.26. The molecule has 4 heteroatoms. The molecule has 0 spiro atoms. The van der Waals surface area contributed by atoms with Crippen molar-refractivity contribution in [2.75, 3.05) is 20.1 Å². The van der Waals surface area contributed by atoms with Crippen molar-refractivity contribution in [1.29, 1.82) is 0 Å². The van der Waals surface area contributed by atoms with E-state index in [1.54, 1.807) is 0 Å². The van der Waals surface area contributed by atoms with Gasteiger partial charge in [0.1, 0.15) is 5.82 Å². The summed E-state index contributed by atoms with van der Waals surface area (Å²) in [6.07, 6.45) is 6.47. The summed E-state index contributed by atoms with van der Waals surface area (Å²) in [5.41, 5.74) is 7.08. The van der Waals surface area contributed by atoms with E-state index >= 15 is 0 Å². The molecule has 0 aromatic carbocycles. The number of nitrogens with one attached hydrogen (secondary N) is 1. The summed E-state index contributed by atoms with van der Waals surface area (Å²) >= 11 is 0. The van der Waals surface area contributed by atoms with Crippen LogP contribution in [0.4, 0.5) is 0 Å². The lowest BCUT2D eigenvalue weighted by atomic mass is 9.94. The zero-order valence-corrected chi connectivity index (χ0v) is 10.9. The number of H-pyrrole nitrogens is 1. The Balaban J connectivity index is 1.89. The molecular formula is C13H24N4. The number of nitrogens with two attached hydrogens (primary N) is 1. The maximum absolute atomic E-state index is 5.76. The smallest absolute Gasteiger partial charge is 0.106 e. The van der Waals surface area contributed by atoms with E-state index < -0.39 is 0 Å². The maximum atomic E-state index is 5.76. The fraction of sp³-hybridized carbons (Fsp3) is 0.769. The molecule has 1 aromatic rings. The molecule has 1 aliphatic heterocycles. The van der Waals surface area contributed by atoms with Crippen molar-refractivity contribution < 1.29 is 0 Å². The lowest BCUT2D eigenvalue weighted by molar-refractivity contribution is 0.253. The molecule has 1 saturated heterocycles. The minimum atomic E-state index is 0.256. The average Bonchev–Trinajstić information content (AvgIpc) is 2.76. The first kappa shape index (κ1) is 12.6. The molecule has 0 aliphatic carbocycles. The highest BCUT2D eigenvalue weighted by molar-refractivity contribution is 5.09. The third kappa shape index (κ3) is 3.54. The first-order chi connectivity index (χ1) is 8.15. The van der Waals surface area contributed by atoms with Crippen molar-refractivity contribution in [2.24, 2.45) is 5.73 Å². The second kappa shape index (κ2) is 5.65. The van der Waals surface area contributed by atoms with E-state index in [2.05, 4.69) is 21.9 Å². The van der Waals surface area contributed by atoms with Crippen LogP contribution in [0.1, 0.15) is 43.6 Å². The molecule has 2 rings (SSSR count). The molecule has 96 valence electrons. The summed E-state index contributed by atoms with van der Waals surface area (Å²) in [6, 6.07) is 0.256. The van der Waals surface area contributed by atoms with Crippen molar-refractivity contribution in [3.8, 4) is 0 Å². The molecule has 0 saturated carbocycles. The van der Waals surface area contributed by atoms with Gasteiger partial charge in [0, 0.05) is 30.3 Å². The molecule has 2 heterocycles. The molecule has 17 heavy (non-hydrogen) atoms. The van der Waals surface area contributed by atoms with Gasteiger partial charge in [-0.25, -0.2) is 4.98 Å². The third-order valence-corrected chi connectivity index (χ3v) is 3.64. The Bertz CT molecular complexity index is 337. The summed E-state index contributed by atoms with van der Waals surface area (Å²) < 4.78 is 0. The van der Waals surface area contributed by atoms with Gasteiger partial charge in [-0.05, 0) is 46.3 Å². The topological polar surface area (TPSA) is 57.9 Å². The molecule has 1 unspecified atom stereocenters. The zero-order chi connectivity index (χ0) is 12.3. The Morgan fingerprint density at radius 1 is 1.53 bits per heavy atom. The van der Waals surface area contributed by atoms with Gasteiger partial charge in [-0.1, -0.05) is 0 Å². The Morgan fingerprint density at radius 3 is 2.88 bits per heavy atom.